The summed E-state index contributed by atoms with van der Waals surface area (Å²) in [6.45, 7) is 14.0. The molecule has 0 aliphatic carbocycles. The molecule has 26 heavy (non-hydrogen) atoms. The van der Waals surface area contributed by atoms with Crippen molar-refractivity contribution >= 4 is 22.9 Å². The standard InChI is InChI=1S/C21H29N3OS/c1-14(2)13-19-22-17(5)20(26-19)21(25)24-11-9-23(10-12-24)18-8-6-7-15(3)16(18)4/h6-8,14H,9-13H2,1-5H3. The minimum absolute atomic E-state index is 0.149. The first-order chi connectivity index (χ1) is 12.4. The number of rotatable bonds is 4. The van der Waals surface area contributed by atoms with Crippen molar-refractivity contribution in [3.63, 3.8) is 0 Å². The molecule has 1 aromatic carbocycles. The Bertz CT molecular complexity index is 789. The molecular formula is C21H29N3OS. The van der Waals surface area contributed by atoms with Crippen molar-refractivity contribution in [3.8, 4) is 0 Å². The fourth-order valence-corrected chi connectivity index (χ4v) is 4.70. The molecule has 2 heterocycles. The topological polar surface area (TPSA) is 36.4 Å². The van der Waals surface area contributed by atoms with Gasteiger partial charge in [-0.05, 0) is 43.9 Å². The molecule has 4 nitrogen and oxygen atoms in total. The Hall–Kier alpha value is -1.88. The van der Waals surface area contributed by atoms with Crippen LogP contribution in [0.25, 0.3) is 0 Å². The molecule has 0 saturated carbocycles. The van der Waals surface area contributed by atoms with E-state index < -0.39 is 0 Å². The summed E-state index contributed by atoms with van der Waals surface area (Å²) in [5.41, 5.74) is 4.83. The normalized spacial score (nSPS) is 15.0. The first-order valence-corrected chi connectivity index (χ1v) is 10.2. The maximum absolute atomic E-state index is 13.0. The summed E-state index contributed by atoms with van der Waals surface area (Å²) in [7, 11) is 0. The van der Waals surface area contributed by atoms with Crippen LogP contribution in [0.5, 0.6) is 0 Å². The van der Waals surface area contributed by atoms with E-state index in [1.807, 2.05) is 11.8 Å². The van der Waals surface area contributed by atoms with Crippen LogP contribution in [0.15, 0.2) is 18.2 Å². The maximum Gasteiger partial charge on any atom is 0.265 e. The third kappa shape index (κ3) is 3.93. The van der Waals surface area contributed by atoms with Gasteiger partial charge in [0.15, 0.2) is 0 Å². The van der Waals surface area contributed by atoms with Crippen LogP contribution in [0.4, 0.5) is 5.69 Å². The molecule has 0 bridgehead atoms. The van der Waals surface area contributed by atoms with E-state index in [-0.39, 0.29) is 5.91 Å². The molecule has 1 aliphatic rings. The molecule has 0 spiro atoms. The lowest BCUT2D eigenvalue weighted by atomic mass is 10.1. The zero-order chi connectivity index (χ0) is 18.8. The van der Waals surface area contributed by atoms with Gasteiger partial charge in [-0.25, -0.2) is 4.98 Å². The van der Waals surface area contributed by atoms with E-state index in [9.17, 15) is 4.79 Å². The lowest BCUT2D eigenvalue weighted by Crippen LogP contribution is -2.49. The highest BCUT2D eigenvalue weighted by atomic mass is 32.1. The number of benzene rings is 1. The Labute approximate surface area is 160 Å². The number of anilines is 1. The number of aryl methyl sites for hydroxylation is 2. The molecule has 5 heteroatoms. The average Bonchev–Trinajstić information content (AvgIpc) is 2.96. The Morgan fingerprint density at radius 1 is 1.15 bits per heavy atom. The van der Waals surface area contributed by atoms with Crippen LogP contribution >= 0.6 is 11.3 Å². The van der Waals surface area contributed by atoms with Gasteiger partial charge >= 0.3 is 0 Å². The fraction of sp³-hybridized carbons (Fsp3) is 0.524. The van der Waals surface area contributed by atoms with E-state index >= 15 is 0 Å². The van der Waals surface area contributed by atoms with Crippen molar-refractivity contribution in [1.29, 1.82) is 0 Å². The molecule has 1 fully saturated rings. The van der Waals surface area contributed by atoms with Crippen molar-refractivity contribution < 1.29 is 4.79 Å². The Morgan fingerprint density at radius 3 is 2.50 bits per heavy atom. The lowest BCUT2D eigenvalue weighted by molar-refractivity contribution is 0.0750. The van der Waals surface area contributed by atoms with Gasteiger partial charge in [-0.3, -0.25) is 4.79 Å². The molecule has 1 saturated heterocycles. The van der Waals surface area contributed by atoms with Gasteiger partial charge in [-0.15, -0.1) is 11.3 Å². The van der Waals surface area contributed by atoms with Crippen LogP contribution in [-0.4, -0.2) is 42.0 Å². The Morgan fingerprint density at radius 2 is 1.85 bits per heavy atom. The molecule has 1 aromatic heterocycles. The summed E-state index contributed by atoms with van der Waals surface area (Å²) in [6, 6.07) is 6.46. The third-order valence-corrected chi connectivity index (χ3v) is 6.27. The lowest BCUT2D eigenvalue weighted by Gasteiger charge is -2.37. The van der Waals surface area contributed by atoms with Crippen molar-refractivity contribution in [2.45, 2.75) is 41.0 Å². The van der Waals surface area contributed by atoms with Gasteiger partial charge in [-0.2, -0.15) is 0 Å². The molecule has 0 N–H and O–H groups in total. The number of hydrogen-bond donors (Lipinski definition) is 0. The quantitative estimate of drug-likeness (QED) is 0.807. The summed E-state index contributed by atoms with van der Waals surface area (Å²) in [4.78, 5) is 22.8. The highest BCUT2D eigenvalue weighted by Gasteiger charge is 2.26. The summed E-state index contributed by atoms with van der Waals surface area (Å²) in [5, 5.41) is 1.08. The van der Waals surface area contributed by atoms with Crippen LogP contribution in [-0.2, 0) is 6.42 Å². The van der Waals surface area contributed by atoms with Crippen LogP contribution < -0.4 is 4.90 Å². The van der Waals surface area contributed by atoms with Gasteiger partial charge in [0.05, 0.1) is 10.7 Å². The van der Waals surface area contributed by atoms with Gasteiger partial charge in [-0.1, -0.05) is 26.0 Å². The van der Waals surface area contributed by atoms with Crippen molar-refractivity contribution in [3.05, 3.63) is 44.9 Å². The maximum atomic E-state index is 13.0. The van der Waals surface area contributed by atoms with Crippen LogP contribution in [0.3, 0.4) is 0 Å². The zero-order valence-electron chi connectivity index (χ0n) is 16.5. The SMILES string of the molecule is Cc1cccc(N2CCN(C(=O)c3sc(CC(C)C)nc3C)CC2)c1C. The number of thiazole rings is 1. The predicted octanol–water partition coefficient (Wildman–Crippen LogP) is 4.23. The summed E-state index contributed by atoms with van der Waals surface area (Å²) < 4.78 is 0. The van der Waals surface area contributed by atoms with Gasteiger partial charge in [0.25, 0.3) is 5.91 Å². The second-order valence-electron chi connectivity index (χ2n) is 7.62. The molecule has 1 aliphatic heterocycles. The number of hydrogen-bond acceptors (Lipinski definition) is 4. The highest BCUT2D eigenvalue weighted by Crippen LogP contribution is 2.26. The molecule has 0 unspecified atom stereocenters. The highest BCUT2D eigenvalue weighted by molar-refractivity contribution is 7.13. The number of carbonyl (C=O) groups excluding carboxylic acids is 1. The number of carbonyl (C=O) groups is 1. The second-order valence-corrected chi connectivity index (χ2v) is 8.70. The molecular weight excluding hydrogens is 342 g/mol. The second kappa shape index (κ2) is 7.78. The van der Waals surface area contributed by atoms with Crippen LogP contribution in [0.2, 0.25) is 0 Å². The minimum Gasteiger partial charge on any atom is -0.368 e. The number of nitrogens with zero attached hydrogens (tertiary/aromatic N) is 3. The number of piperazine rings is 1. The molecule has 140 valence electrons. The van der Waals surface area contributed by atoms with Crippen LogP contribution in [0.1, 0.15) is 45.3 Å². The Kier molecular flexibility index (Phi) is 5.66. The van der Waals surface area contributed by atoms with E-state index in [4.69, 9.17) is 0 Å². The van der Waals surface area contributed by atoms with Crippen molar-refractivity contribution in [1.82, 2.24) is 9.88 Å². The van der Waals surface area contributed by atoms with Gasteiger partial charge < -0.3 is 9.80 Å². The van der Waals surface area contributed by atoms with Gasteiger partial charge in [0, 0.05) is 38.3 Å². The van der Waals surface area contributed by atoms with Gasteiger partial charge in [0.2, 0.25) is 0 Å². The zero-order valence-corrected chi connectivity index (χ0v) is 17.3. The summed E-state index contributed by atoms with van der Waals surface area (Å²) in [5.74, 6) is 0.709. The number of amides is 1. The van der Waals surface area contributed by atoms with Crippen molar-refractivity contribution in [2.75, 3.05) is 31.1 Å². The molecule has 2 aromatic rings. The Balaban J connectivity index is 1.67. The fourth-order valence-electron chi connectivity index (χ4n) is 3.46. The monoisotopic (exact) mass is 371 g/mol. The molecule has 3 rings (SSSR count). The largest absolute Gasteiger partial charge is 0.368 e. The third-order valence-electron chi connectivity index (χ3n) is 5.10. The first kappa shape index (κ1) is 18.9. The van der Waals surface area contributed by atoms with E-state index in [0.29, 0.717) is 5.92 Å². The van der Waals surface area contributed by atoms with E-state index in [0.717, 1.165) is 48.2 Å². The van der Waals surface area contributed by atoms with E-state index in [1.54, 1.807) is 11.3 Å². The summed E-state index contributed by atoms with van der Waals surface area (Å²) >= 11 is 1.58. The predicted molar refractivity (Wildman–Crippen MR) is 109 cm³/mol. The number of aromatic nitrogens is 1. The van der Waals surface area contributed by atoms with Crippen LogP contribution in [0, 0.1) is 26.7 Å². The van der Waals surface area contributed by atoms with E-state index in [1.165, 1.54) is 16.8 Å². The average molecular weight is 372 g/mol. The van der Waals surface area contributed by atoms with E-state index in [2.05, 4.69) is 55.8 Å². The molecule has 0 atom stereocenters. The molecule has 1 amide bonds. The smallest absolute Gasteiger partial charge is 0.265 e. The summed E-state index contributed by atoms with van der Waals surface area (Å²) in [6.07, 6.45) is 0.944. The van der Waals surface area contributed by atoms with Gasteiger partial charge in [0.1, 0.15) is 4.88 Å². The first-order valence-electron chi connectivity index (χ1n) is 9.43. The van der Waals surface area contributed by atoms with Crippen molar-refractivity contribution in [2.24, 2.45) is 5.92 Å². The minimum atomic E-state index is 0.149. The molecule has 0 radical (unpaired) electrons.